The van der Waals surface area contributed by atoms with Crippen molar-refractivity contribution in [2.24, 2.45) is 0 Å². The molecule has 0 saturated carbocycles. The Hall–Kier alpha value is -1.80. The van der Waals surface area contributed by atoms with Crippen molar-refractivity contribution >= 4 is 16.1 Å². The van der Waals surface area contributed by atoms with Gasteiger partial charge in [0.2, 0.25) is 10.0 Å². The van der Waals surface area contributed by atoms with Crippen molar-refractivity contribution in [1.82, 2.24) is 14.5 Å². The smallest absolute Gasteiger partial charge is 0.319 e. The molecule has 7 nitrogen and oxygen atoms in total. The first-order valence-corrected chi connectivity index (χ1v) is 10.3. The molecule has 2 amide bonds. The average Bonchev–Trinajstić information content (AvgIpc) is 2.53. The number of benzene rings is 1. The molecule has 1 saturated heterocycles. The first-order valence-electron chi connectivity index (χ1n) is 8.41. The maximum Gasteiger partial charge on any atom is 0.319 e. The van der Waals surface area contributed by atoms with Gasteiger partial charge in [-0.15, -0.1) is 0 Å². The van der Waals surface area contributed by atoms with E-state index in [9.17, 15) is 13.2 Å². The number of ether oxygens (including phenoxy) is 1. The maximum absolute atomic E-state index is 12.1. The van der Waals surface area contributed by atoms with E-state index in [0.717, 1.165) is 11.3 Å². The van der Waals surface area contributed by atoms with Crippen LogP contribution >= 0.6 is 0 Å². The molecule has 1 fully saturated rings. The van der Waals surface area contributed by atoms with Crippen molar-refractivity contribution in [3.63, 3.8) is 0 Å². The number of nitrogens with one attached hydrogen (secondary N) is 1. The summed E-state index contributed by atoms with van der Waals surface area (Å²) in [4.78, 5) is 15.5. The largest absolute Gasteiger partial charge is 0.487 e. The fourth-order valence-electron chi connectivity index (χ4n) is 3.68. The van der Waals surface area contributed by atoms with Crippen molar-refractivity contribution in [1.29, 1.82) is 0 Å². The molecule has 0 aliphatic carbocycles. The van der Waals surface area contributed by atoms with Crippen LogP contribution in [0, 0.1) is 0 Å². The average molecular weight is 367 g/mol. The number of amides is 2. The van der Waals surface area contributed by atoms with E-state index in [2.05, 4.69) is 4.72 Å². The SMILES string of the molecule is CN(C)C(=O)N1CCC2(CC1)CC(NS(C)(=O)=O)c1ccccc1O2. The van der Waals surface area contributed by atoms with Gasteiger partial charge in [0.1, 0.15) is 11.4 Å². The second-order valence-electron chi connectivity index (χ2n) is 7.13. The van der Waals surface area contributed by atoms with Gasteiger partial charge in [0.25, 0.3) is 0 Å². The van der Waals surface area contributed by atoms with Crippen LogP contribution < -0.4 is 9.46 Å². The molecule has 1 spiro atoms. The molecular formula is C17H25N3O4S. The first kappa shape index (κ1) is 18.0. The molecular weight excluding hydrogens is 342 g/mol. The molecule has 1 aromatic carbocycles. The molecule has 1 N–H and O–H groups in total. The van der Waals surface area contributed by atoms with Crippen molar-refractivity contribution in [3.05, 3.63) is 29.8 Å². The van der Waals surface area contributed by atoms with Gasteiger partial charge in [0.15, 0.2) is 0 Å². The van der Waals surface area contributed by atoms with Gasteiger partial charge >= 0.3 is 6.03 Å². The number of urea groups is 1. The number of likely N-dealkylation sites (tertiary alicyclic amines) is 1. The highest BCUT2D eigenvalue weighted by molar-refractivity contribution is 7.88. The van der Waals surface area contributed by atoms with Gasteiger partial charge < -0.3 is 14.5 Å². The normalized spacial score (nSPS) is 22.2. The summed E-state index contributed by atoms with van der Waals surface area (Å²) in [5, 5.41) is 0. The lowest BCUT2D eigenvalue weighted by Crippen LogP contribution is -2.54. The van der Waals surface area contributed by atoms with Crippen LogP contribution in [0.5, 0.6) is 5.75 Å². The molecule has 138 valence electrons. The number of fused-ring (bicyclic) bond motifs is 1. The van der Waals surface area contributed by atoms with Crippen LogP contribution in [0.25, 0.3) is 0 Å². The summed E-state index contributed by atoms with van der Waals surface area (Å²) < 4.78 is 32.6. The monoisotopic (exact) mass is 367 g/mol. The summed E-state index contributed by atoms with van der Waals surface area (Å²) in [5.41, 5.74) is 0.421. The number of carbonyl (C=O) groups excluding carboxylic acids is 1. The van der Waals surface area contributed by atoms with Crippen LogP contribution in [0.1, 0.15) is 30.9 Å². The standard InChI is InChI=1S/C17H25N3O4S/c1-19(2)16(21)20-10-8-17(9-11-20)12-14(18-25(3,22)23)13-6-4-5-7-15(13)24-17/h4-7,14,18H,8-12H2,1-3H3. The second kappa shape index (κ2) is 6.49. The van der Waals surface area contributed by atoms with Gasteiger partial charge in [-0.2, -0.15) is 0 Å². The van der Waals surface area contributed by atoms with Crippen LogP contribution in [0.3, 0.4) is 0 Å². The highest BCUT2D eigenvalue weighted by atomic mass is 32.2. The van der Waals surface area contributed by atoms with Crippen molar-refractivity contribution < 1.29 is 17.9 Å². The number of piperidine rings is 1. The number of carbonyl (C=O) groups is 1. The van der Waals surface area contributed by atoms with Gasteiger partial charge in [-0.05, 0) is 6.07 Å². The van der Waals surface area contributed by atoms with Gasteiger partial charge in [-0.1, -0.05) is 18.2 Å². The Labute approximate surface area is 149 Å². The van der Waals surface area contributed by atoms with Crippen LogP contribution in [-0.4, -0.2) is 63.3 Å². The van der Waals surface area contributed by atoms with E-state index in [0.29, 0.717) is 32.4 Å². The molecule has 25 heavy (non-hydrogen) atoms. The molecule has 0 aromatic heterocycles. The van der Waals surface area contributed by atoms with Crippen molar-refractivity contribution in [2.75, 3.05) is 33.4 Å². The Morgan fingerprint density at radius 3 is 2.52 bits per heavy atom. The number of hydrogen-bond donors (Lipinski definition) is 1. The lowest BCUT2D eigenvalue weighted by Gasteiger charge is -2.47. The van der Waals surface area contributed by atoms with Gasteiger partial charge in [-0.25, -0.2) is 17.9 Å². The Bertz CT molecular complexity index is 755. The zero-order chi connectivity index (χ0) is 18.2. The van der Waals surface area contributed by atoms with E-state index in [1.165, 1.54) is 6.26 Å². The van der Waals surface area contributed by atoms with Gasteiger partial charge in [-0.3, -0.25) is 0 Å². The first-order chi connectivity index (χ1) is 11.7. The molecule has 2 aliphatic heterocycles. The Kier molecular flexibility index (Phi) is 4.68. The van der Waals surface area contributed by atoms with E-state index in [4.69, 9.17) is 4.74 Å². The Morgan fingerprint density at radius 1 is 1.28 bits per heavy atom. The minimum absolute atomic E-state index is 0.00290. The number of rotatable bonds is 2. The quantitative estimate of drug-likeness (QED) is 0.861. The molecule has 3 rings (SSSR count). The molecule has 2 heterocycles. The van der Waals surface area contributed by atoms with Crippen LogP contribution in [0.2, 0.25) is 0 Å². The van der Waals surface area contributed by atoms with Gasteiger partial charge in [0.05, 0.1) is 12.3 Å². The second-order valence-corrected chi connectivity index (χ2v) is 8.91. The third-order valence-corrected chi connectivity index (χ3v) is 5.59. The lowest BCUT2D eigenvalue weighted by atomic mass is 9.81. The zero-order valence-corrected chi connectivity index (χ0v) is 15.7. The zero-order valence-electron chi connectivity index (χ0n) is 14.9. The van der Waals surface area contributed by atoms with Crippen LogP contribution in [0.4, 0.5) is 4.79 Å². The third kappa shape index (κ3) is 3.90. The summed E-state index contributed by atoms with van der Waals surface area (Å²) in [6.07, 6.45) is 3.11. The van der Waals surface area contributed by atoms with E-state index in [1.807, 2.05) is 29.2 Å². The lowest BCUT2D eigenvalue weighted by molar-refractivity contribution is -0.0166. The summed E-state index contributed by atoms with van der Waals surface area (Å²) in [7, 11) is 0.150. The Balaban J connectivity index is 1.82. The summed E-state index contributed by atoms with van der Waals surface area (Å²) in [6.45, 7) is 1.20. The van der Waals surface area contributed by atoms with E-state index < -0.39 is 15.6 Å². The summed E-state index contributed by atoms with van der Waals surface area (Å²) in [6, 6.07) is 7.24. The third-order valence-electron chi connectivity index (χ3n) is 4.88. The predicted molar refractivity (Wildman–Crippen MR) is 95.0 cm³/mol. The number of nitrogens with zero attached hydrogens (tertiary/aromatic N) is 2. The number of sulfonamides is 1. The fraction of sp³-hybridized carbons (Fsp3) is 0.588. The highest BCUT2D eigenvalue weighted by Crippen LogP contribution is 2.44. The molecule has 1 unspecified atom stereocenters. The molecule has 2 aliphatic rings. The minimum atomic E-state index is -3.33. The molecule has 0 bridgehead atoms. The fourth-order valence-corrected chi connectivity index (χ4v) is 4.40. The minimum Gasteiger partial charge on any atom is -0.487 e. The van der Waals surface area contributed by atoms with E-state index >= 15 is 0 Å². The van der Waals surface area contributed by atoms with Gasteiger partial charge in [0, 0.05) is 52.0 Å². The molecule has 1 atom stereocenters. The summed E-state index contributed by atoms with van der Waals surface area (Å²) in [5.74, 6) is 0.724. The molecule has 8 heteroatoms. The topological polar surface area (TPSA) is 79.0 Å². The maximum atomic E-state index is 12.1. The van der Waals surface area contributed by atoms with Crippen LogP contribution in [-0.2, 0) is 10.0 Å². The van der Waals surface area contributed by atoms with Crippen molar-refractivity contribution in [2.45, 2.75) is 30.9 Å². The van der Waals surface area contributed by atoms with Crippen LogP contribution in [0.15, 0.2) is 24.3 Å². The Morgan fingerprint density at radius 2 is 1.92 bits per heavy atom. The highest BCUT2D eigenvalue weighted by Gasteiger charge is 2.44. The van der Waals surface area contributed by atoms with E-state index in [-0.39, 0.29) is 12.1 Å². The summed E-state index contributed by atoms with van der Waals surface area (Å²) >= 11 is 0. The van der Waals surface area contributed by atoms with Crippen molar-refractivity contribution in [3.8, 4) is 5.75 Å². The number of hydrogen-bond acceptors (Lipinski definition) is 4. The molecule has 1 aromatic rings. The predicted octanol–water partition coefficient (Wildman–Crippen LogP) is 1.58. The molecule has 0 radical (unpaired) electrons. The van der Waals surface area contributed by atoms with E-state index in [1.54, 1.807) is 19.0 Å². The number of para-hydroxylation sites is 1.